The Balaban J connectivity index is 1.59. The van der Waals surface area contributed by atoms with E-state index in [-0.39, 0.29) is 5.91 Å². The second-order valence-corrected chi connectivity index (χ2v) is 7.04. The van der Waals surface area contributed by atoms with Gasteiger partial charge in [-0.1, -0.05) is 29.8 Å². The van der Waals surface area contributed by atoms with Crippen molar-refractivity contribution in [3.05, 3.63) is 40.4 Å². The molecule has 0 saturated heterocycles. The first-order chi connectivity index (χ1) is 10.6. The van der Waals surface area contributed by atoms with Crippen molar-refractivity contribution in [2.24, 2.45) is 0 Å². The van der Waals surface area contributed by atoms with Crippen LogP contribution in [-0.4, -0.2) is 30.5 Å². The number of halogens is 1. The van der Waals surface area contributed by atoms with Gasteiger partial charge >= 0.3 is 0 Å². The Morgan fingerprint density at radius 3 is 2.95 bits per heavy atom. The molecule has 0 aliphatic heterocycles. The average molecular weight is 337 g/mol. The molecule has 1 saturated carbocycles. The molecule has 1 unspecified atom stereocenters. The molecule has 1 aliphatic rings. The van der Waals surface area contributed by atoms with E-state index in [2.05, 4.69) is 10.3 Å². The molecule has 116 valence electrons. The van der Waals surface area contributed by atoms with E-state index in [1.807, 2.05) is 36.7 Å². The summed E-state index contributed by atoms with van der Waals surface area (Å²) in [7, 11) is 2.01. The molecule has 0 bridgehead atoms. The van der Waals surface area contributed by atoms with Crippen LogP contribution in [0.5, 0.6) is 0 Å². The molecule has 22 heavy (non-hydrogen) atoms. The van der Waals surface area contributed by atoms with Gasteiger partial charge < -0.3 is 10.2 Å². The molecule has 4 nitrogen and oxygen atoms in total. The number of nitrogens with zero attached hydrogens (tertiary/aromatic N) is 1. The number of aromatic nitrogens is 1. The number of benzene rings is 1. The molecule has 6 heteroatoms. The molecule has 1 heterocycles. The summed E-state index contributed by atoms with van der Waals surface area (Å²) < 4.78 is 0. The zero-order chi connectivity index (χ0) is 15.5. The maximum absolute atomic E-state index is 11.8. The third-order valence-electron chi connectivity index (χ3n) is 3.54. The van der Waals surface area contributed by atoms with Crippen LogP contribution in [0.4, 0.5) is 0 Å². The molecule has 3 rings (SSSR count). The fourth-order valence-corrected chi connectivity index (χ4v) is 3.44. The number of nitrogens with one attached hydrogen (secondary N) is 2. The van der Waals surface area contributed by atoms with Crippen LogP contribution >= 0.6 is 22.9 Å². The van der Waals surface area contributed by atoms with Gasteiger partial charge in [0.05, 0.1) is 12.1 Å². The van der Waals surface area contributed by atoms with E-state index < -0.39 is 0 Å². The molecule has 2 N–H and O–H groups in total. The largest absolute Gasteiger partial charge is 0.348 e. The lowest BCUT2D eigenvalue weighted by molar-refractivity contribution is -0.885. The number of carbonyl (C=O) groups is 1. The highest BCUT2D eigenvalue weighted by molar-refractivity contribution is 7.13. The van der Waals surface area contributed by atoms with Crippen molar-refractivity contribution in [1.29, 1.82) is 0 Å². The summed E-state index contributed by atoms with van der Waals surface area (Å²) in [4.78, 5) is 17.6. The molecule has 1 atom stereocenters. The number of carbonyl (C=O) groups excluding carboxylic acids is 1. The topological polar surface area (TPSA) is 46.4 Å². The van der Waals surface area contributed by atoms with E-state index in [1.165, 1.54) is 0 Å². The van der Waals surface area contributed by atoms with Gasteiger partial charge in [-0.15, -0.1) is 11.3 Å². The van der Waals surface area contributed by atoms with Gasteiger partial charge in [-0.25, -0.2) is 4.98 Å². The van der Waals surface area contributed by atoms with E-state index in [4.69, 9.17) is 11.6 Å². The predicted molar refractivity (Wildman–Crippen MR) is 89.2 cm³/mol. The third-order valence-corrected chi connectivity index (χ3v) is 4.80. The molecule has 1 aliphatic carbocycles. The van der Waals surface area contributed by atoms with Gasteiger partial charge in [-0.2, -0.15) is 0 Å². The Bertz CT molecular complexity index is 669. The number of rotatable bonds is 6. The minimum Gasteiger partial charge on any atom is -0.348 e. The summed E-state index contributed by atoms with van der Waals surface area (Å²) in [5.74, 6) is 0.126. The van der Waals surface area contributed by atoms with Crippen LogP contribution in [0.15, 0.2) is 29.6 Å². The molecule has 1 aromatic heterocycles. The summed E-state index contributed by atoms with van der Waals surface area (Å²) in [6.07, 6.45) is 2.25. The van der Waals surface area contributed by atoms with Crippen LogP contribution in [0.25, 0.3) is 10.6 Å². The maximum atomic E-state index is 11.8. The number of thiazole rings is 1. The number of hydrogen-bond donors (Lipinski definition) is 2. The first-order valence-electron chi connectivity index (χ1n) is 7.42. The predicted octanol–water partition coefficient (Wildman–Crippen LogP) is 1.76. The van der Waals surface area contributed by atoms with Crippen LogP contribution < -0.4 is 10.2 Å². The molecule has 1 amide bonds. The first kappa shape index (κ1) is 15.5. The Labute approximate surface area is 139 Å². The lowest BCUT2D eigenvalue weighted by atomic mass is 10.2. The lowest BCUT2D eigenvalue weighted by Gasteiger charge is -2.12. The van der Waals surface area contributed by atoms with Gasteiger partial charge in [0.1, 0.15) is 17.2 Å². The highest BCUT2D eigenvalue weighted by atomic mass is 35.5. The van der Waals surface area contributed by atoms with Crippen molar-refractivity contribution in [3.8, 4) is 10.6 Å². The smallest absolute Gasteiger partial charge is 0.275 e. The Morgan fingerprint density at radius 2 is 2.23 bits per heavy atom. The standard InChI is InChI=1S/C16H18ClN3OS/c1-20(9-15(21)18-11-6-7-11)8-12-10-22-16(19-12)13-4-2-3-5-14(13)17/h2-5,10-11H,6-9H2,1H3,(H,18,21)/p+1. The average Bonchev–Trinajstić information content (AvgIpc) is 3.16. The molecule has 2 aromatic rings. The van der Waals surface area contributed by atoms with Crippen LogP contribution in [0.3, 0.4) is 0 Å². The molecule has 0 radical (unpaired) electrons. The van der Waals surface area contributed by atoms with Crippen molar-refractivity contribution >= 4 is 28.8 Å². The third kappa shape index (κ3) is 4.06. The van der Waals surface area contributed by atoms with Crippen molar-refractivity contribution in [2.75, 3.05) is 13.6 Å². The fourth-order valence-electron chi connectivity index (χ4n) is 2.30. The molecule has 0 spiro atoms. The number of hydrogen-bond acceptors (Lipinski definition) is 3. The minimum absolute atomic E-state index is 0.126. The van der Waals surface area contributed by atoms with Crippen LogP contribution in [0, 0.1) is 0 Å². The van der Waals surface area contributed by atoms with Gasteiger partial charge in [0, 0.05) is 17.0 Å². The summed E-state index contributed by atoms with van der Waals surface area (Å²) in [6.45, 7) is 1.22. The van der Waals surface area contributed by atoms with E-state index in [0.717, 1.165) is 40.6 Å². The van der Waals surface area contributed by atoms with Crippen LogP contribution in [0.2, 0.25) is 5.02 Å². The molecular formula is C16H19ClN3OS+. The SMILES string of the molecule is C[NH+](CC(=O)NC1CC1)Cc1csc(-c2ccccc2Cl)n1. The van der Waals surface area contributed by atoms with Gasteiger partial charge in [-0.05, 0) is 18.9 Å². The summed E-state index contributed by atoms with van der Waals surface area (Å²) in [5, 5.41) is 6.70. The van der Waals surface area contributed by atoms with E-state index >= 15 is 0 Å². The van der Waals surface area contributed by atoms with Crippen LogP contribution in [0.1, 0.15) is 18.5 Å². The zero-order valence-electron chi connectivity index (χ0n) is 12.4. The molecular weight excluding hydrogens is 318 g/mol. The minimum atomic E-state index is 0.126. The number of amides is 1. The maximum Gasteiger partial charge on any atom is 0.275 e. The number of quaternary nitrogens is 1. The normalized spacial score (nSPS) is 15.5. The highest BCUT2D eigenvalue weighted by Gasteiger charge is 2.24. The highest BCUT2D eigenvalue weighted by Crippen LogP contribution is 2.29. The Hall–Kier alpha value is -1.43. The monoisotopic (exact) mass is 336 g/mol. The number of likely N-dealkylation sites (N-methyl/N-ethyl adjacent to an activating group) is 1. The Morgan fingerprint density at radius 1 is 1.45 bits per heavy atom. The van der Waals surface area contributed by atoms with E-state index in [0.29, 0.717) is 17.6 Å². The second-order valence-electron chi connectivity index (χ2n) is 5.78. The van der Waals surface area contributed by atoms with Crippen molar-refractivity contribution in [1.82, 2.24) is 10.3 Å². The summed E-state index contributed by atoms with van der Waals surface area (Å²) >= 11 is 7.79. The lowest BCUT2D eigenvalue weighted by Crippen LogP contribution is -3.09. The van der Waals surface area contributed by atoms with Gasteiger partial charge in [0.25, 0.3) is 5.91 Å². The quantitative estimate of drug-likeness (QED) is 0.844. The van der Waals surface area contributed by atoms with E-state index in [9.17, 15) is 4.79 Å². The first-order valence-corrected chi connectivity index (χ1v) is 8.67. The fraction of sp³-hybridized carbons (Fsp3) is 0.375. The van der Waals surface area contributed by atoms with Crippen molar-refractivity contribution < 1.29 is 9.69 Å². The molecule has 1 fully saturated rings. The molecule has 1 aromatic carbocycles. The summed E-state index contributed by atoms with van der Waals surface area (Å²) in [5.41, 5.74) is 1.96. The second kappa shape index (κ2) is 6.77. The van der Waals surface area contributed by atoms with E-state index in [1.54, 1.807) is 11.3 Å². The Kier molecular flexibility index (Phi) is 4.76. The van der Waals surface area contributed by atoms with Gasteiger partial charge in [0.15, 0.2) is 6.54 Å². The van der Waals surface area contributed by atoms with Gasteiger partial charge in [-0.3, -0.25) is 4.79 Å². The van der Waals surface area contributed by atoms with Gasteiger partial charge in [0.2, 0.25) is 0 Å². The van der Waals surface area contributed by atoms with Crippen molar-refractivity contribution in [3.63, 3.8) is 0 Å². The zero-order valence-corrected chi connectivity index (χ0v) is 14.0. The summed E-state index contributed by atoms with van der Waals surface area (Å²) in [6, 6.07) is 8.15. The van der Waals surface area contributed by atoms with Crippen LogP contribution in [-0.2, 0) is 11.3 Å². The van der Waals surface area contributed by atoms with Crippen molar-refractivity contribution in [2.45, 2.75) is 25.4 Å².